The van der Waals surface area contributed by atoms with Crippen molar-refractivity contribution in [3.63, 3.8) is 0 Å². The fourth-order valence-corrected chi connectivity index (χ4v) is 1.97. The Bertz CT molecular complexity index is 180. The molecule has 0 fully saturated rings. The Kier molecular flexibility index (Phi) is 5.70. The van der Waals surface area contributed by atoms with Crippen LogP contribution in [-0.2, 0) is 4.79 Å². The van der Waals surface area contributed by atoms with Crippen LogP contribution in [0.4, 0.5) is 0 Å². The molecule has 0 N–H and O–H groups in total. The molecule has 0 heterocycles. The van der Waals surface area contributed by atoms with Gasteiger partial charge in [0, 0.05) is 24.4 Å². The Morgan fingerprint density at radius 1 is 1.50 bits per heavy atom. The van der Waals surface area contributed by atoms with Gasteiger partial charge in [-0.2, -0.15) is 0 Å². The summed E-state index contributed by atoms with van der Waals surface area (Å²) in [5, 5.41) is 0. The lowest BCUT2D eigenvalue weighted by Gasteiger charge is -2.30. The zero-order valence-corrected chi connectivity index (χ0v) is 10.9. The van der Waals surface area contributed by atoms with E-state index in [2.05, 4.69) is 34.8 Å². The Morgan fingerprint density at radius 3 is 2.36 bits per heavy atom. The number of hydrogen-bond acceptors (Lipinski definition) is 2. The summed E-state index contributed by atoms with van der Waals surface area (Å²) in [5.74, 6) is 0.451. The van der Waals surface area contributed by atoms with Crippen LogP contribution in [0, 0.1) is 18.3 Å². The zero-order chi connectivity index (χ0) is 11.4. The molecule has 0 aromatic heterocycles. The molecule has 2 nitrogen and oxygen atoms in total. The smallest absolute Gasteiger partial charge is 0.126 e. The minimum absolute atomic E-state index is 0.263. The van der Waals surface area contributed by atoms with Crippen LogP contribution in [0.25, 0.3) is 0 Å². The van der Waals surface area contributed by atoms with E-state index >= 15 is 0 Å². The van der Waals surface area contributed by atoms with E-state index in [0.29, 0.717) is 12.0 Å². The van der Waals surface area contributed by atoms with Gasteiger partial charge in [-0.25, -0.2) is 0 Å². The summed E-state index contributed by atoms with van der Waals surface area (Å²) in [6, 6.07) is 0.451. The zero-order valence-electron chi connectivity index (χ0n) is 9.79. The maximum Gasteiger partial charge on any atom is 0.126 e. The molecule has 0 radical (unpaired) electrons. The molecular formula is C11H23NOP+. The van der Waals surface area contributed by atoms with Gasteiger partial charge >= 0.3 is 0 Å². The lowest BCUT2D eigenvalue weighted by Crippen LogP contribution is -2.34. The van der Waals surface area contributed by atoms with E-state index < -0.39 is 0 Å². The molecule has 0 saturated carbocycles. The van der Waals surface area contributed by atoms with E-state index in [4.69, 9.17) is 0 Å². The second-order valence-corrected chi connectivity index (χ2v) is 5.63. The van der Waals surface area contributed by atoms with Crippen molar-refractivity contribution in [3.05, 3.63) is 6.92 Å². The summed E-state index contributed by atoms with van der Waals surface area (Å²) < 4.78 is 2.15. The molecule has 0 spiro atoms. The Balaban J connectivity index is 4.06. The highest BCUT2D eigenvalue weighted by atomic mass is 31.0. The molecule has 0 aliphatic carbocycles. The number of aldehydes is 1. The van der Waals surface area contributed by atoms with Crippen LogP contribution in [-0.4, -0.2) is 23.5 Å². The van der Waals surface area contributed by atoms with Gasteiger partial charge < -0.3 is 4.79 Å². The molecule has 0 aromatic rings. The largest absolute Gasteiger partial charge is 0.303 e. The molecule has 0 bridgehead atoms. The Labute approximate surface area is 90.7 Å². The molecule has 14 heavy (non-hydrogen) atoms. The van der Waals surface area contributed by atoms with Crippen LogP contribution < -0.4 is 0 Å². The first-order valence-corrected chi connectivity index (χ1v) is 5.61. The lowest BCUT2D eigenvalue weighted by molar-refractivity contribution is -0.115. The first-order chi connectivity index (χ1) is 6.28. The molecule has 82 valence electrons. The van der Waals surface area contributed by atoms with Crippen molar-refractivity contribution in [1.82, 2.24) is 4.67 Å². The van der Waals surface area contributed by atoms with Gasteiger partial charge in [-0.05, 0) is 13.8 Å². The van der Waals surface area contributed by atoms with E-state index in [1.54, 1.807) is 0 Å². The van der Waals surface area contributed by atoms with Gasteiger partial charge in [-0.1, -0.05) is 23.2 Å². The third-order valence-electron chi connectivity index (χ3n) is 2.22. The van der Waals surface area contributed by atoms with Gasteiger partial charge in [0.2, 0.25) is 0 Å². The van der Waals surface area contributed by atoms with Gasteiger partial charge in [0.1, 0.15) is 6.29 Å². The SMILES string of the molecule is [CH2+]C(C)CC(C)N(P)CC(C)(C)C=O. The lowest BCUT2D eigenvalue weighted by atomic mass is 9.95. The standard InChI is InChI=1S/C11H23NOP/c1-9(2)6-10(3)12(14)7-11(4,5)8-13/h8-10H,1,6-7,14H2,2-5H3/q+1. The number of hydrogen-bond donors (Lipinski definition) is 0. The monoisotopic (exact) mass is 216 g/mol. The van der Waals surface area contributed by atoms with Gasteiger partial charge in [-0.15, -0.1) is 0 Å². The third-order valence-corrected chi connectivity index (χ3v) is 2.91. The summed E-state index contributed by atoms with van der Waals surface area (Å²) in [7, 11) is 2.70. The molecule has 0 aliphatic rings. The fraction of sp³-hybridized carbons (Fsp3) is 0.818. The first kappa shape index (κ1) is 13.9. The van der Waals surface area contributed by atoms with E-state index in [0.717, 1.165) is 19.3 Å². The van der Waals surface area contributed by atoms with Crippen LogP contribution in [0.2, 0.25) is 0 Å². The Morgan fingerprint density at radius 2 is 2.00 bits per heavy atom. The van der Waals surface area contributed by atoms with Gasteiger partial charge in [0.25, 0.3) is 0 Å². The molecule has 0 rings (SSSR count). The maximum atomic E-state index is 10.8. The number of nitrogens with zero attached hydrogens (tertiary/aromatic N) is 1. The van der Waals surface area contributed by atoms with Crippen LogP contribution in [0.5, 0.6) is 0 Å². The molecule has 0 saturated heterocycles. The van der Waals surface area contributed by atoms with Crippen molar-refractivity contribution in [1.29, 1.82) is 0 Å². The van der Waals surface area contributed by atoms with Crippen LogP contribution >= 0.6 is 9.39 Å². The number of rotatable bonds is 6. The van der Waals surface area contributed by atoms with E-state index in [1.807, 2.05) is 13.8 Å². The summed E-state index contributed by atoms with van der Waals surface area (Å²) in [5.41, 5.74) is -0.263. The van der Waals surface area contributed by atoms with Crippen LogP contribution in [0.1, 0.15) is 34.1 Å². The molecule has 3 heteroatoms. The van der Waals surface area contributed by atoms with E-state index in [9.17, 15) is 4.79 Å². The predicted octanol–water partition coefficient (Wildman–Crippen LogP) is 2.55. The maximum absolute atomic E-state index is 10.8. The molecule has 0 amide bonds. The van der Waals surface area contributed by atoms with Gasteiger partial charge in [-0.3, -0.25) is 4.67 Å². The molecule has 0 aliphatic heterocycles. The topological polar surface area (TPSA) is 20.3 Å². The average molecular weight is 216 g/mol. The summed E-state index contributed by atoms with van der Waals surface area (Å²) in [4.78, 5) is 10.8. The van der Waals surface area contributed by atoms with E-state index in [-0.39, 0.29) is 5.41 Å². The molecular weight excluding hydrogens is 193 g/mol. The highest BCUT2D eigenvalue weighted by Crippen LogP contribution is 2.21. The van der Waals surface area contributed by atoms with Gasteiger partial charge in [0.05, 0.1) is 12.8 Å². The second kappa shape index (κ2) is 5.72. The highest BCUT2D eigenvalue weighted by molar-refractivity contribution is 7.13. The van der Waals surface area contributed by atoms with Crippen molar-refractivity contribution in [2.75, 3.05) is 6.54 Å². The summed E-state index contributed by atoms with van der Waals surface area (Å²) in [6.07, 6.45) is 2.07. The first-order valence-electron chi connectivity index (χ1n) is 5.09. The van der Waals surface area contributed by atoms with Crippen molar-refractivity contribution >= 4 is 15.7 Å². The quantitative estimate of drug-likeness (QED) is 0.386. The molecule has 3 atom stereocenters. The minimum atomic E-state index is -0.263. The van der Waals surface area contributed by atoms with E-state index in [1.165, 1.54) is 0 Å². The van der Waals surface area contributed by atoms with Crippen molar-refractivity contribution in [2.45, 2.75) is 40.2 Å². The number of carbonyl (C=O) groups excluding carboxylic acids is 1. The minimum Gasteiger partial charge on any atom is -0.303 e. The van der Waals surface area contributed by atoms with Crippen molar-refractivity contribution < 1.29 is 4.79 Å². The fourth-order valence-electron chi connectivity index (χ4n) is 1.38. The average Bonchev–Trinajstić information content (AvgIpc) is 2.02. The normalized spacial score (nSPS) is 16.7. The number of carbonyl (C=O) groups is 1. The van der Waals surface area contributed by atoms with Crippen LogP contribution in [0.3, 0.4) is 0 Å². The summed E-state index contributed by atoms with van der Waals surface area (Å²) >= 11 is 0. The Hall–Kier alpha value is -0.0700. The van der Waals surface area contributed by atoms with Gasteiger partial charge in [0.15, 0.2) is 0 Å². The predicted molar refractivity (Wildman–Crippen MR) is 64.9 cm³/mol. The van der Waals surface area contributed by atoms with Crippen LogP contribution in [0.15, 0.2) is 0 Å². The third kappa shape index (κ3) is 5.62. The summed E-state index contributed by atoms with van der Waals surface area (Å²) in [6.45, 7) is 12.9. The van der Waals surface area contributed by atoms with Crippen molar-refractivity contribution in [2.24, 2.45) is 11.3 Å². The van der Waals surface area contributed by atoms with Crippen molar-refractivity contribution in [3.8, 4) is 0 Å². The second-order valence-electron chi connectivity index (χ2n) is 4.97. The molecule has 0 aromatic carbocycles. The highest BCUT2D eigenvalue weighted by Gasteiger charge is 2.22. The molecule has 3 unspecified atom stereocenters.